The monoisotopic (exact) mass is 433 g/mol. The molecule has 30 heavy (non-hydrogen) atoms. The average molecular weight is 433 g/mol. The second-order valence-corrected chi connectivity index (χ2v) is 9.39. The number of esters is 1. The maximum atomic E-state index is 12.7. The van der Waals surface area contributed by atoms with Crippen LogP contribution < -0.4 is 10.4 Å². The van der Waals surface area contributed by atoms with Gasteiger partial charge in [0.15, 0.2) is 9.84 Å². The van der Waals surface area contributed by atoms with E-state index in [1.54, 1.807) is 13.0 Å². The molecule has 0 saturated heterocycles. The zero-order valence-electron chi connectivity index (χ0n) is 16.8. The van der Waals surface area contributed by atoms with Crippen LogP contribution in [0.2, 0.25) is 0 Å². The van der Waals surface area contributed by atoms with Crippen LogP contribution in [0.25, 0.3) is 11.0 Å². The summed E-state index contributed by atoms with van der Waals surface area (Å²) < 4.78 is 40.0. The molecule has 2 aliphatic rings. The van der Waals surface area contributed by atoms with Gasteiger partial charge in [-0.25, -0.2) is 13.2 Å². The van der Waals surface area contributed by atoms with E-state index in [2.05, 4.69) is 0 Å². The molecular formula is C21H23NO7S. The molecular weight excluding hydrogens is 410 g/mol. The first-order valence-corrected chi connectivity index (χ1v) is 11.5. The van der Waals surface area contributed by atoms with E-state index in [0.29, 0.717) is 35.6 Å². The van der Waals surface area contributed by atoms with Crippen molar-refractivity contribution in [3.8, 4) is 5.75 Å². The van der Waals surface area contributed by atoms with E-state index >= 15 is 0 Å². The van der Waals surface area contributed by atoms with Crippen molar-refractivity contribution in [3.63, 3.8) is 0 Å². The number of carbonyl (C=O) groups excluding carboxylic acids is 1. The molecule has 0 saturated carbocycles. The molecule has 8 nitrogen and oxygen atoms in total. The molecule has 160 valence electrons. The Balaban J connectivity index is 1.67. The Labute approximate surface area is 174 Å². The van der Waals surface area contributed by atoms with Crippen molar-refractivity contribution in [2.45, 2.75) is 39.3 Å². The van der Waals surface area contributed by atoms with E-state index in [4.69, 9.17) is 13.9 Å². The van der Waals surface area contributed by atoms with Crippen molar-refractivity contribution < 1.29 is 27.1 Å². The largest absolute Gasteiger partial charge is 0.478 e. The summed E-state index contributed by atoms with van der Waals surface area (Å²) in [7, 11) is -3.19. The maximum absolute atomic E-state index is 12.7. The molecule has 2 aromatic rings. The van der Waals surface area contributed by atoms with E-state index < -0.39 is 15.5 Å². The molecule has 0 spiro atoms. The fourth-order valence-electron chi connectivity index (χ4n) is 3.93. The Bertz CT molecular complexity index is 1200. The highest BCUT2D eigenvalue weighted by Gasteiger charge is 2.31. The van der Waals surface area contributed by atoms with E-state index in [-0.39, 0.29) is 37.3 Å². The fraction of sp³-hybridized carbons (Fsp3) is 0.429. The van der Waals surface area contributed by atoms with Gasteiger partial charge < -0.3 is 13.9 Å². The number of fused-ring (bicyclic) bond motifs is 3. The molecule has 1 unspecified atom stereocenters. The smallest absolute Gasteiger partial charge is 0.339 e. The lowest BCUT2D eigenvalue weighted by Crippen LogP contribution is -2.41. The Hall–Kier alpha value is -2.65. The van der Waals surface area contributed by atoms with Crippen molar-refractivity contribution in [1.82, 2.24) is 4.90 Å². The Morgan fingerprint density at radius 2 is 2.13 bits per heavy atom. The number of hydrogen-bond acceptors (Lipinski definition) is 8. The normalized spacial score (nSPS) is 20.1. The molecule has 0 bridgehead atoms. The minimum atomic E-state index is -3.19. The summed E-state index contributed by atoms with van der Waals surface area (Å²) >= 11 is 0. The summed E-state index contributed by atoms with van der Waals surface area (Å²) in [6.45, 7) is 4.52. The van der Waals surface area contributed by atoms with E-state index in [1.165, 1.54) is 5.41 Å². The third-order valence-electron chi connectivity index (χ3n) is 5.53. The standard InChI is InChI=1S/C21H23NO7S/c1-3-27-19(23)7-5-16-13(2)15-4-6-18-17(20(15)29-21(16)24)10-22(12-28-18)14-8-9-30(25,26)11-14/h4,6,8-9,14H,3,5,7,10-12H2,1-2H3. The zero-order chi connectivity index (χ0) is 21.5. The molecule has 0 N–H and O–H groups in total. The van der Waals surface area contributed by atoms with Gasteiger partial charge >= 0.3 is 11.6 Å². The van der Waals surface area contributed by atoms with Gasteiger partial charge in [-0.05, 0) is 38.0 Å². The molecule has 1 atom stereocenters. The maximum Gasteiger partial charge on any atom is 0.339 e. The lowest BCUT2D eigenvalue weighted by Gasteiger charge is -2.32. The first kappa shape index (κ1) is 20.6. The lowest BCUT2D eigenvalue weighted by atomic mass is 9.99. The van der Waals surface area contributed by atoms with Crippen LogP contribution in [-0.2, 0) is 32.3 Å². The van der Waals surface area contributed by atoms with Gasteiger partial charge in [0.2, 0.25) is 0 Å². The highest BCUT2D eigenvalue weighted by molar-refractivity contribution is 7.94. The first-order valence-electron chi connectivity index (χ1n) is 9.80. The van der Waals surface area contributed by atoms with E-state index in [1.807, 2.05) is 24.0 Å². The van der Waals surface area contributed by atoms with Gasteiger partial charge in [0.05, 0.1) is 17.9 Å². The fourth-order valence-corrected chi connectivity index (χ4v) is 5.26. The predicted octanol–water partition coefficient (Wildman–Crippen LogP) is 2.06. The molecule has 4 rings (SSSR count). The third kappa shape index (κ3) is 3.87. The molecule has 3 heterocycles. The number of carbonyl (C=O) groups is 1. The second kappa shape index (κ2) is 7.88. The molecule has 0 amide bonds. The van der Waals surface area contributed by atoms with E-state index in [9.17, 15) is 18.0 Å². The average Bonchev–Trinajstić information content (AvgIpc) is 3.07. The van der Waals surface area contributed by atoms with Crippen LogP contribution in [-0.4, -0.2) is 44.4 Å². The highest BCUT2D eigenvalue weighted by Crippen LogP contribution is 2.35. The quantitative estimate of drug-likeness (QED) is 0.521. The number of benzene rings is 1. The first-order chi connectivity index (χ1) is 14.3. The van der Waals surface area contributed by atoms with Gasteiger partial charge in [-0.3, -0.25) is 9.69 Å². The zero-order valence-corrected chi connectivity index (χ0v) is 17.7. The number of aryl methyl sites for hydroxylation is 1. The van der Waals surface area contributed by atoms with Gasteiger partial charge in [-0.1, -0.05) is 6.08 Å². The molecule has 1 aromatic carbocycles. The number of rotatable bonds is 5. The van der Waals surface area contributed by atoms with Crippen LogP contribution in [0, 0.1) is 6.92 Å². The van der Waals surface area contributed by atoms with Gasteiger partial charge in [0.25, 0.3) is 0 Å². The molecule has 2 aliphatic heterocycles. The van der Waals surface area contributed by atoms with Crippen LogP contribution >= 0.6 is 0 Å². The summed E-state index contributed by atoms with van der Waals surface area (Å²) in [6, 6.07) is 3.39. The van der Waals surface area contributed by atoms with Gasteiger partial charge in [0.1, 0.15) is 18.1 Å². The van der Waals surface area contributed by atoms with Crippen molar-refractivity contribution in [1.29, 1.82) is 0 Å². The summed E-state index contributed by atoms with van der Waals surface area (Å²) in [5.74, 6) is 0.271. The third-order valence-corrected chi connectivity index (χ3v) is 6.90. The van der Waals surface area contributed by atoms with Crippen molar-refractivity contribution in [2.24, 2.45) is 0 Å². The van der Waals surface area contributed by atoms with E-state index in [0.717, 1.165) is 10.9 Å². The molecule has 9 heteroatoms. The van der Waals surface area contributed by atoms with Crippen LogP contribution in [0.15, 0.2) is 32.8 Å². The number of sulfone groups is 1. The van der Waals surface area contributed by atoms with Crippen LogP contribution in [0.4, 0.5) is 0 Å². The Morgan fingerprint density at radius 1 is 1.33 bits per heavy atom. The summed E-state index contributed by atoms with van der Waals surface area (Å²) in [5, 5.41) is 2.00. The molecule has 0 radical (unpaired) electrons. The van der Waals surface area contributed by atoms with Gasteiger partial charge in [0, 0.05) is 35.4 Å². The number of hydrogen-bond donors (Lipinski definition) is 0. The number of ether oxygens (including phenoxy) is 2. The Kier molecular flexibility index (Phi) is 5.42. The van der Waals surface area contributed by atoms with Crippen molar-refractivity contribution in [3.05, 3.63) is 50.7 Å². The molecule has 0 fully saturated rings. The van der Waals surface area contributed by atoms with Gasteiger partial charge in [-0.15, -0.1) is 0 Å². The Morgan fingerprint density at radius 3 is 2.83 bits per heavy atom. The minimum Gasteiger partial charge on any atom is -0.478 e. The van der Waals surface area contributed by atoms with Crippen molar-refractivity contribution in [2.75, 3.05) is 19.1 Å². The molecule has 0 aliphatic carbocycles. The summed E-state index contributed by atoms with van der Waals surface area (Å²) in [5.41, 5.74) is 1.87. The number of nitrogens with zero attached hydrogens (tertiary/aromatic N) is 1. The minimum absolute atomic E-state index is 0.0114. The summed E-state index contributed by atoms with van der Waals surface area (Å²) in [6.07, 6.45) is 2.01. The van der Waals surface area contributed by atoms with Crippen LogP contribution in [0.5, 0.6) is 5.75 Å². The topological polar surface area (TPSA) is 103 Å². The van der Waals surface area contributed by atoms with Crippen molar-refractivity contribution >= 4 is 26.8 Å². The second-order valence-electron chi connectivity index (χ2n) is 7.46. The van der Waals surface area contributed by atoms with Crippen LogP contribution in [0.1, 0.15) is 30.0 Å². The summed E-state index contributed by atoms with van der Waals surface area (Å²) in [4.78, 5) is 26.2. The van der Waals surface area contributed by atoms with Gasteiger partial charge in [-0.2, -0.15) is 0 Å². The lowest BCUT2D eigenvalue weighted by molar-refractivity contribution is -0.143. The van der Waals surface area contributed by atoms with Crippen LogP contribution in [0.3, 0.4) is 0 Å². The predicted molar refractivity (Wildman–Crippen MR) is 110 cm³/mol. The SMILES string of the molecule is CCOC(=O)CCc1c(C)c2ccc3c(c2oc1=O)CN(C1C=CS(=O)(=O)C1)CO3. The molecule has 1 aromatic heterocycles. The highest BCUT2D eigenvalue weighted by atomic mass is 32.2.